The van der Waals surface area contributed by atoms with Crippen LogP contribution in [0.2, 0.25) is 0 Å². The average Bonchev–Trinajstić information content (AvgIpc) is 2.97. The monoisotopic (exact) mass is 272 g/mol. The van der Waals surface area contributed by atoms with Crippen molar-refractivity contribution in [1.29, 1.82) is 0 Å². The molecule has 1 aliphatic heterocycles. The van der Waals surface area contributed by atoms with Crippen molar-refractivity contribution in [3.05, 3.63) is 48.2 Å². The molecule has 106 valence electrons. The molecule has 0 spiro atoms. The van der Waals surface area contributed by atoms with Crippen LogP contribution in [0.5, 0.6) is 0 Å². The van der Waals surface area contributed by atoms with Crippen LogP contribution in [0.1, 0.15) is 39.5 Å². The van der Waals surface area contributed by atoms with Crippen molar-refractivity contribution < 1.29 is 13.9 Å². The summed E-state index contributed by atoms with van der Waals surface area (Å²) >= 11 is 0. The summed E-state index contributed by atoms with van der Waals surface area (Å²) in [6.45, 7) is 8.24. The molecule has 0 N–H and O–H groups in total. The molecule has 2 heterocycles. The second-order valence-corrected chi connectivity index (χ2v) is 6.19. The second kappa shape index (κ2) is 4.47. The maximum atomic E-state index is 6.07. The van der Waals surface area contributed by atoms with Crippen LogP contribution in [0.25, 0.3) is 11.3 Å². The number of hydrogen-bond donors (Lipinski definition) is 0. The number of ether oxygens (including phenoxy) is 2. The zero-order chi connectivity index (χ0) is 14.4. The Morgan fingerprint density at radius 3 is 2.20 bits per heavy atom. The molecule has 0 radical (unpaired) electrons. The Hall–Kier alpha value is -1.58. The van der Waals surface area contributed by atoms with Crippen LogP contribution in [-0.4, -0.2) is 11.2 Å². The lowest BCUT2D eigenvalue weighted by molar-refractivity contribution is -0.0895. The lowest BCUT2D eigenvalue weighted by Crippen LogP contribution is -2.41. The Balaban J connectivity index is 1.91. The maximum Gasteiger partial charge on any atom is 0.185 e. The number of furan rings is 1. The summed E-state index contributed by atoms with van der Waals surface area (Å²) in [5.41, 5.74) is 1.40. The van der Waals surface area contributed by atoms with Gasteiger partial charge in [0.25, 0.3) is 0 Å². The lowest BCUT2D eigenvalue weighted by atomic mass is 9.90. The number of benzene rings is 1. The van der Waals surface area contributed by atoms with Gasteiger partial charge in [-0.3, -0.25) is 0 Å². The van der Waals surface area contributed by atoms with Crippen LogP contribution in [-0.2, 0) is 9.47 Å². The van der Waals surface area contributed by atoms with Gasteiger partial charge in [-0.15, -0.1) is 0 Å². The highest BCUT2D eigenvalue weighted by Gasteiger charge is 2.49. The van der Waals surface area contributed by atoms with E-state index < -0.39 is 0 Å². The molecular formula is C17H20O3. The zero-order valence-electron chi connectivity index (χ0n) is 12.3. The molecule has 0 unspecified atom stereocenters. The predicted molar refractivity (Wildman–Crippen MR) is 77.2 cm³/mol. The number of rotatable bonds is 2. The predicted octanol–water partition coefficient (Wildman–Crippen LogP) is 4.55. The molecule has 0 aliphatic carbocycles. The molecule has 0 amide bonds. The van der Waals surface area contributed by atoms with Crippen molar-refractivity contribution in [2.24, 2.45) is 0 Å². The first kappa shape index (κ1) is 13.4. The van der Waals surface area contributed by atoms with Gasteiger partial charge in [-0.25, -0.2) is 0 Å². The van der Waals surface area contributed by atoms with E-state index in [1.165, 1.54) is 0 Å². The summed E-state index contributed by atoms with van der Waals surface area (Å²) in [6.07, 6.45) is 1.34. The minimum Gasteiger partial charge on any atom is -0.464 e. The highest BCUT2D eigenvalue weighted by Crippen LogP contribution is 2.45. The first-order valence-electron chi connectivity index (χ1n) is 6.88. The molecular weight excluding hydrogens is 252 g/mol. The molecule has 1 aromatic heterocycles. The van der Waals surface area contributed by atoms with Crippen molar-refractivity contribution >= 4 is 0 Å². The van der Waals surface area contributed by atoms with E-state index in [1.54, 1.807) is 6.26 Å². The van der Waals surface area contributed by atoms with Gasteiger partial charge < -0.3 is 13.9 Å². The average molecular weight is 272 g/mol. The molecule has 0 atom stereocenters. The highest BCUT2D eigenvalue weighted by molar-refractivity contribution is 5.58. The fourth-order valence-electron chi connectivity index (χ4n) is 2.26. The molecule has 1 aromatic carbocycles. The summed E-state index contributed by atoms with van der Waals surface area (Å²) in [4.78, 5) is 0. The van der Waals surface area contributed by atoms with Gasteiger partial charge >= 0.3 is 0 Å². The second-order valence-electron chi connectivity index (χ2n) is 6.19. The van der Waals surface area contributed by atoms with Gasteiger partial charge in [-0.05, 0) is 45.9 Å². The fourth-order valence-corrected chi connectivity index (χ4v) is 2.26. The Labute approximate surface area is 119 Å². The standard InChI is InChI=1S/C17H20O3/c1-16(2)17(3,4)20-15(19-16)13-8-5-7-12(11-13)14-9-6-10-18-14/h5-11,15H,1-4H3. The first-order valence-corrected chi connectivity index (χ1v) is 6.88. The van der Waals surface area contributed by atoms with Crippen molar-refractivity contribution in [2.45, 2.75) is 45.2 Å². The van der Waals surface area contributed by atoms with E-state index in [1.807, 2.05) is 30.3 Å². The van der Waals surface area contributed by atoms with Crippen molar-refractivity contribution in [2.75, 3.05) is 0 Å². The van der Waals surface area contributed by atoms with Gasteiger partial charge in [0.1, 0.15) is 5.76 Å². The van der Waals surface area contributed by atoms with Crippen LogP contribution in [0.15, 0.2) is 47.1 Å². The van der Waals surface area contributed by atoms with E-state index in [2.05, 4.69) is 33.8 Å². The molecule has 20 heavy (non-hydrogen) atoms. The molecule has 1 saturated heterocycles. The molecule has 2 aromatic rings. The summed E-state index contributed by atoms with van der Waals surface area (Å²) in [7, 11) is 0. The quantitative estimate of drug-likeness (QED) is 0.803. The summed E-state index contributed by atoms with van der Waals surface area (Å²) in [5.74, 6) is 0.850. The summed E-state index contributed by atoms with van der Waals surface area (Å²) in [5, 5.41) is 0. The Morgan fingerprint density at radius 1 is 0.900 bits per heavy atom. The van der Waals surface area contributed by atoms with Gasteiger partial charge in [0.15, 0.2) is 6.29 Å². The zero-order valence-corrected chi connectivity index (χ0v) is 12.3. The van der Waals surface area contributed by atoms with Crippen molar-refractivity contribution in [1.82, 2.24) is 0 Å². The molecule has 0 bridgehead atoms. The third-order valence-electron chi connectivity index (χ3n) is 4.22. The van der Waals surface area contributed by atoms with E-state index in [0.29, 0.717) is 0 Å². The van der Waals surface area contributed by atoms with Gasteiger partial charge in [0.2, 0.25) is 0 Å². The van der Waals surface area contributed by atoms with E-state index >= 15 is 0 Å². The Morgan fingerprint density at radius 2 is 1.60 bits per heavy atom. The minimum absolute atomic E-state index is 0.321. The molecule has 3 heteroatoms. The molecule has 3 rings (SSSR count). The van der Waals surface area contributed by atoms with Crippen LogP contribution in [0.3, 0.4) is 0 Å². The third-order valence-corrected chi connectivity index (χ3v) is 4.22. The van der Waals surface area contributed by atoms with Gasteiger partial charge in [0, 0.05) is 11.1 Å². The van der Waals surface area contributed by atoms with Crippen molar-refractivity contribution in [3.8, 4) is 11.3 Å². The summed E-state index contributed by atoms with van der Waals surface area (Å²) in [6, 6.07) is 11.9. The van der Waals surface area contributed by atoms with Crippen molar-refractivity contribution in [3.63, 3.8) is 0 Å². The topological polar surface area (TPSA) is 31.6 Å². The van der Waals surface area contributed by atoms with Gasteiger partial charge in [0.05, 0.1) is 17.5 Å². The van der Waals surface area contributed by atoms with Crippen LogP contribution < -0.4 is 0 Å². The summed E-state index contributed by atoms with van der Waals surface area (Å²) < 4.78 is 17.6. The van der Waals surface area contributed by atoms with Crippen LogP contribution >= 0.6 is 0 Å². The van der Waals surface area contributed by atoms with Gasteiger partial charge in [-0.1, -0.05) is 18.2 Å². The SMILES string of the molecule is CC1(C)OC(c2cccc(-c3ccco3)c2)OC1(C)C. The molecule has 0 saturated carbocycles. The third kappa shape index (κ3) is 2.17. The number of hydrogen-bond acceptors (Lipinski definition) is 3. The first-order chi connectivity index (χ1) is 9.39. The maximum absolute atomic E-state index is 6.07. The lowest BCUT2D eigenvalue weighted by Gasteiger charge is -2.30. The Kier molecular flexibility index (Phi) is 3.00. The van der Waals surface area contributed by atoms with Crippen LogP contribution in [0, 0.1) is 0 Å². The minimum atomic E-state index is -0.338. The molecule has 1 aliphatic rings. The molecule has 1 fully saturated rings. The van der Waals surface area contributed by atoms with Crippen LogP contribution in [0.4, 0.5) is 0 Å². The van der Waals surface area contributed by atoms with Gasteiger partial charge in [-0.2, -0.15) is 0 Å². The largest absolute Gasteiger partial charge is 0.464 e. The fraction of sp³-hybridized carbons (Fsp3) is 0.412. The normalized spacial score (nSPS) is 21.2. The molecule has 3 nitrogen and oxygen atoms in total. The van der Waals surface area contributed by atoms with E-state index in [9.17, 15) is 0 Å². The highest BCUT2D eigenvalue weighted by atomic mass is 16.7. The van der Waals surface area contributed by atoms with E-state index in [0.717, 1.165) is 16.9 Å². The Bertz CT molecular complexity index is 580. The van der Waals surface area contributed by atoms with E-state index in [4.69, 9.17) is 13.9 Å². The smallest absolute Gasteiger partial charge is 0.185 e. The van der Waals surface area contributed by atoms with E-state index in [-0.39, 0.29) is 17.5 Å².